The molecule has 0 radical (unpaired) electrons. The number of carbonyl (C=O) groups excluding carboxylic acids is 1. The molecule has 110 valence electrons. The first kappa shape index (κ1) is 15.3. The zero-order valence-electron chi connectivity index (χ0n) is 12.0. The molecule has 1 aromatic rings. The van der Waals surface area contributed by atoms with E-state index in [1.54, 1.807) is 17.0 Å². The number of halogens is 1. The van der Waals surface area contributed by atoms with Gasteiger partial charge in [-0.15, -0.1) is 0 Å². The van der Waals surface area contributed by atoms with Crippen LogP contribution in [0.5, 0.6) is 0 Å². The number of hydrogen-bond donors (Lipinski definition) is 1. The second-order valence-corrected chi connectivity index (χ2v) is 6.26. The summed E-state index contributed by atoms with van der Waals surface area (Å²) >= 11 is 6.16. The SMILES string of the molecule is Cc1ccc(C(=O)N2CC(CO)OC(C)(C)C2)c(Cl)c1. The summed E-state index contributed by atoms with van der Waals surface area (Å²) in [4.78, 5) is 14.3. The second kappa shape index (κ2) is 5.72. The number of rotatable bonds is 2. The molecule has 0 saturated carbocycles. The molecule has 5 heteroatoms. The van der Waals surface area contributed by atoms with E-state index in [9.17, 15) is 9.90 Å². The largest absolute Gasteiger partial charge is 0.394 e. The van der Waals surface area contributed by atoms with Crippen LogP contribution >= 0.6 is 11.6 Å². The van der Waals surface area contributed by atoms with E-state index in [1.165, 1.54) is 0 Å². The molecule has 1 fully saturated rings. The molecule has 0 spiro atoms. The summed E-state index contributed by atoms with van der Waals surface area (Å²) in [5.41, 5.74) is 1.03. The zero-order valence-corrected chi connectivity index (χ0v) is 12.8. The highest BCUT2D eigenvalue weighted by molar-refractivity contribution is 6.33. The second-order valence-electron chi connectivity index (χ2n) is 5.85. The Bertz CT molecular complexity index is 516. The number of hydrogen-bond acceptors (Lipinski definition) is 3. The van der Waals surface area contributed by atoms with Gasteiger partial charge in [0, 0.05) is 13.1 Å². The molecule has 1 aliphatic rings. The average molecular weight is 298 g/mol. The molecule has 1 aliphatic heterocycles. The topological polar surface area (TPSA) is 49.8 Å². The van der Waals surface area contributed by atoms with Crippen LogP contribution in [0.1, 0.15) is 29.8 Å². The summed E-state index contributed by atoms with van der Waals surface area (Å²) in [7, 11) is 0. The van der Waals surface area contributed by atoms with Gasteiger partial charge >= 0.3 is 0 Å². The lowest BCUT2D eigenvalue weighted by Crippen LogP contribution is -2.55. The number of carbonyl (C=O) groups is 1. The summed E-state index contributed by atoms with van der Waals surface area (Å²) in [5.74, 6) is -0.121. The van der Waals surface area contributed by atoms with Crippen molar-refractivity contribution in [1.29, 1.82) is 0 Å². The van der Waals surface area contributed by atoms with Crippen molar-refractivity contribution in [3.8, 4) is 0 Å². The fraction of sp³-hybridized carbons (Fsp3) is 0.533. The Morgan fingerprint density at radius 1 is 1.55 bits per heavy atom. The van der Waals surface area contributed by atoms with Crippen molar-refractivity contribution in [2.45, 2.75) is 32.5 Å². The predicted octanol–water partition coefficient (Wildman–Crippen LogP) is 2.26. The van der Waals surface area contributed by atoms with Gasteiger partial charge in [-0.25, -0.2) is 0 Å². The lowest BCUT2D eigenvalue weighted by Gasteiger charge is -2.42. The van der Waals surface area contributed by atoms with Crippen LogP contribution in [0.4, 0.5) is 0 Å². The highest BCUT2D eigenvalue weighted by atomic mass is 35.5. The van der Waals surface area contributed by atoms with Gasteiger partial charge in [0.15, 0.2) is 0 Å². The number of aliphatic hydroxyl groups is 1. The zero-order chi connectivity index (χ0) is 14.9. The Balaban J connectivity index is 2.23. The van der Waals surface area contributed by atoms with Crippen molar-refractivity contribution in [2.24, 2.45) is 0 Å². The van der Waals surface area contributed by atoms with Crippen molar-refractivity contribution in [3.63, 3.8) is 0 Å². The maximum absolute atomic E-state index is 12.6. The predicted molar refractivity (Wildman–Crippen MR) is 78.1 cm³/mol. The molecule has 0 aromatic heterocycles. The van der Waals surface area contributed by atoms with E-state index in [1.807, 2.05) is 26.8 Å². The molecule has 0 aliphatic carbocycles. The normalized spacial score (nSPS) is 21.9. The maximum Gasteiger partial charge on any atom is 0.255 e. The van der Waals surface area contributed by atoms with Crippen molar-refractivity contribution < 1.29 is 14.6 Å². The Hall–Kier alpha value is -1.10. The minimum atomic E-state index is -0.474. The minimum absolute atomic E-state index is 0.102. The van der Waals surface area contributed by atoms with E-state index in [0.717, 1.165) is 5.56 Å². The lowest BCUT2D eigenvalue weighted by molar-refractivity contribution is -0.139. The highest BCUT2D eigenvalue weighted by Crippen LogP contribution is 2.25. The van der Waals surface area contributed by atoms with Crippen LogP contribution in [0.3, 0.4) is 0 Å². The summed E-state index contributed by atoms with van der Waals surface area (Å²) in [5, 5.41) is 9.75. The van der Waals surface area contributed by atoms with Crippen LogP contribution in [0.15, 0.2) is 18.2 Å². The number of benzene rings is 1. The smallest absolute Gasteiger partial charge is 0.255 e. The quantitative estimate of drug-likeness (QED) is 0.911. The molecule has 2 rings (SSSR count). The minimum Gasteiger partial charge on any atom is -0.394 e. The van der Waals surface area contributed by atoms with Gasteiger partial charge in [0.25, 0.3) is 5.91 Å². The van der Waals surface area contributed by atoms with Crippen molar-refractivity contribution in [3.05, 3.63) is 34.3 Å². The van der Waals surface area contributed by atoms with Crippen molar-refractivity contribution in [2.75, 3.05) is 19.7 Å². The lowest BCUT2D eigenvalue weighted by atomic mass is 10.0. The molecular weight excluding hydrogens is 278 g/mol. The van der Waals surface area contributed by atoms with Gasteiger partial charge in [-0.3, -0.25) is 4.79 Å². The first-order chi connectivity index (χ1) is 9.32. The fourth-order valence-electron chi connectivity index (χ4n) is 2.51. The number of aryl methyl sites for hydroxylation is 1. The monoisotopic (exact) mass is 297 g/mol. The van der Waals surface area contributed by atoms with Gasteiger partial charge in [0.05, 0.1) is 28.9 Å². The first-order valence-electron chi connectivity index (χ1n) is 6.66. The molecule has 1 amide bonds. The fourth-order valence-corrected chi connectivity index (χ4v) is 2.83. The Kier molecular flexibility index (Phi) is 4.37. The van der Waals surface area contributed by atoms with Crippen LogP contribution in [0, 0.1) is 6.92 Å². The highest BCUT2D eigenvalue weighted by Gasteiger charge is 2.36. The van der Waals surface area contributed by atoms with Crippen LogP contribution in [0.2, 0.25) is 5.02 Å². The van der Waals surface area contributed by atoms with E-state index >= 15 is 0 Å². The number of morpholine rings is 1. The van der Waals surface area contributed by atoms with Gasteiger partial charge in [-0.05, 0) is 38.5 Å². The molecule has 0 bridgehead atoms. The standard InChI is InChI=1S/C15H20ClNO3/c1-10-4-5-12(13(16)6-10)14(19)17-7-11(8-18)20-15(2,3)9-17/h4-6,11,18H,7-9H2,1-3H3. The molecule has 1 aromatic carbocycles. The number of amides is 1. The molecule has 4 nitrogen and oxygen atoms in total. The summed E-state index contributed by atoms with van der Waals surface area (Å²) in [6.45, 7) is 6.50. The van der Waals surface area contributed by atoms with Crippen LogP contribution in [0.25, 0.3) is 0 Å². The molecule has 1 atom stereocenters. The molecule has 1 heterocycles. The van der Waals surface area contributed by atoms with Crippen molar-refractivity contribution in [1.82, 2.24) is 4.90 Å². The molecule has 1 N–H and O–H groups in total. The van der Waals surface area contributed by atoms with E-state index in [0.29, 0.717) is 23.7 Å². The average Bonchev–Trinajstić information content (AvgIpc) is 2.36. The summed E-state index contributed by atoms with van der Waals surface area (Å²) in [6.07, 6.45) is -0.355. The van der Waals surface area contributed by atoms with Crippen molar-refractivity contribution >= 4 is 17.5 Å². The molecule has 20 heavy (non-hydrogen) atoms. The van der Waals surface area contributed by atoms with E-state index < -0.39 is 5.60 Å². The van der Waals surface area contributed by atoms with Gasteiger partial charge in [-0.1, -0.05) is 17.7 Å². The third-order valence-electron chi connectivity index (χ3n) is 3.33. The Labute approximate surface area is 124 Å². The third-order valence-corrected chi connectivity index (χ3v) is 3.64. The van der Waals surface area contributed by atoms with Gasteiger partial charge in [0.1, 0.15) is 0 Å². The number of nitrogens with zero attached hydrogens (tertiary/aromatic N) is 1. The maximum atomic E-state index is 12.6. The van der Waals surface area contributed by atoms with E-state index in [-0.39, 0.29) is 18.6 Å². The third kappa shape index (κ3) is 3.32. The number of aliphatic hydroxyl groups excluding tert-OH is 1. The molecular formula is C15H20ClNO3. The van der Waals surface area contributed by atoms with E-state index in [2.05, 4.69) is 0 Å². The van der Waals surface area contributed by atoms with Crippen LogP contribution in [-0.4, -0.2) is 47.3 Å². The Morgan fingerprint density at radius 3 is 2.85 bits per heavy atom. The van der Waals surface area contributed by atoms with Crippen LogP contribution in [-0.2, 0) is 4.74 Å². The Morgan fingerprint density at radius 2 is 2.25 bits per heavy atom. The van der Waals surface area contributed by atoms with Crippen LogP contribution < -0.4 is 0 Å². The van der Waals surface area contributed by atoms with Gasteiger partial charge < -0.3 is 14.7 Å². The van der Waals surface area contributed by atoms with E-state index in [4.69, 9.17) is 16.3 Å². The number of ether oxygens (including phenoxy) is 1. The van der Waals surface area contributed by atoms with Gasteiger partial charge in [0.2, 0.25) is 0 Å². The first-order valence-corrected chi connectivity index (χ1v) is 7.04. The molecule has 1 saturated heterocycles. The molecule has 1 unspecified atom stereocenters. The van der Waals surface area contributed by atoms with Gasteiger partial charge in [-0.2, -0.15) is 0 Å². The summed E-state index contributed by atoms with van der Waals surface area (Å²) in [6, 6.07) is 5.40. The summed E-state index contributed by atoms with van der Waals surface area (Å²) < 4.78 is 5.71.